The fourth-order valence-electron chi connectivity index (χ4n) is 2.78. The van der Waals surface area contributed by atoms with Crippen LogP contribution in [0.5, 0.6) is 0 Å². The highest BCUT2D eigenvalue weighted by atomic mass is 16.1. The topological polar surface area (TPSA) is 17.1 Å². The summed E-state index contributed by atoms with van der Waals surface area (Å²) in [7, 11) is 0. The van der Waals surface area contributed by atoms with Gasteiger partial charge in [-0.2, -0.15) is 0 Å². The van der Waals surface area contributed by atoms with Gasteiger partial charge in [0.05, 0.1) is 0 Å². The molecule has 23 heavy (non-hydrogen) atoms. The van der Waals surface area contributed by atoms with Crippen LogP contribution in [-0.2, 0) is 4.79 Å². The molecule has 0 aromatic carbocycles. The van der Waals surface area contributed by atoms with Crippen LogP contribution in [0.25, 0.3) is 0 Å². The largest absolute Gasteiger partial charge is 0.299 e. The van der Waals surface area contributed by atoms with Gasteiger partial charge in [-0.3, -0.25) is 4.79 Å². The Bertz CT molecular complexity index is 267. The molecule has 0 saturated heterocycles. The Hall–Kier alpha value is -0.590. The Morgan fingerprint density at radius 2 is 1.13 bits per heavy atom. The lowest BCUT2D eigenvalue weighted by molar-refractivity contribution is -0.116. The quantitative estimate of drug-likeness (QED) is 0.188. The predicted molar refractivity (Wildman–Crippen MR) is 104 cm³/mol. The van der Waals surface area contributed by atoms with Crippen molar-refractivity contribution >= 4 is 5.78 Å². The molecule has 0 N–H and O–H groups in total. The maximum absolute atomic E-state index is 11.5. The van der Waals surface area contributed by atoms with Gasteiger partial charge in [0.25, 0.3) is 0 Å². The van der Waals surface area contributed by atoms with E-state index in [0.717, 1.165) is 25.7 Å². The number of unbranched alkanes of at least 4 members (excludes halogenated alkanes) is 12. The van der Waals surface area contributed by atoms with Gasteiger partial charge in [-0.05, 0) is 38.5 Å². The summed E-state index contributed by atoms with van der Waals surface area (Å²) in [5.74, 6) is 0.351. The van der Waals surface area contributed by atoms with Gasteiger partial charge in [0, 0.05) is 12.8 Å². The summed E-state index contributed by atoms with van der Waals surface area (Å²) in [5.41, 5.74) is 0. The van der Waals surface area contributed by atoms with Crippen molar-refractivity contribution in [2.75, 3.05) is 0 Å². The molecule has 0 saturated carbocycles. The SMILES string of the molecule is CCC[CH]C(=O)CCCCCCC/C=C\CCCCCCCC. The molecule has 0 atom stereocenters. The van der Waals surface area contributed by atoms with Crippen LogP contribution in [-0.4, -0.2) is 5.78 Å². The third-order valence-electron chi connectivity index (χ3n) is 4.35. The van der Waals surface area contributed by atoms with Gasteiger partial charge < -0.3 is 0 Å². The molecule has 135 valence electrons. The van der Waals surface area contributed by atoms with Gasteiger partial charge >= 0.3 is 0 Å². The Kier molecular flexibility index (Phi) is 19.0. The van der Waals surface area contributed by atoms with Crippen LogP contribution in [0.3, 0.4) is 0 Å². The van der Waals surface area contributed by atoms with Gasteiger partial charge in [-0.1, -0.05) is 83.8 Å². The molecule has 1 nitrogen and oxygen atoms in total. The van der Waals surface area contributed by atoms with Crippen LogP contribution >= 0.6 is 0 Å². The van der Waals surface area contributed by atoms with Crippen molar-refractivity contribution in [3.8, 4) is 0 Å². The van der Waals surface area contributed by atoms with Crippen molar-refractivity contribution < 1.29 is 4.79 Å². The van der Waals surface area contributed by atoms with Gasteiger partial charge in [0.2, 0.25) is 0 Å². The zero-order chi connectivity index (χ0) is 17.0. The lowest BCUT2D eigenvalue weighted by atomic mass is 10.0. The number of Topliss-reactive ketones (excluding diaryl/α,β-unsaturated/α-hetero) is 1. The van der Waals surface area contributed by atoms with E-state index >= 15 is 0 Å². The molecule has 0 heterocycles. The summed E-state index contributed by atoms with van der Waals surface area (Å²) in [6, 6.07) is 0. The lowest BCUT2D eigenvalue weighted by Crippen LogP contribution is -1.97. The monoisotopic (exact) mass is 321 g/mol. The fraction of sp³-hybridized carbons (Fsp3) is 0.818. The Morgan fingerprint density at radius 3 is 1.70 bits per heavy atom. The molecular formula is C22H41O. The Balaban J connectivity index is 3.14. The van der Waals surface area contributed by atoms with Crippen LogP contribution in [0.1, 0.15) is 117 Å². The highest BCUT2D eigenvalue weighted by Crippen LogP contribution is 2.10. The molecule has 0 aliphatic rings. The van der Waals surface area contributed by atoms with E-state index in [1.165, 1.54) is 77.0 Å². The number of allylic oxidation sites excluding steroid dienone is 2. The highest BCUT2D eigenvalue weighted by molar-refractivity contribution is 5.86. The minimum Gasteiger partial charge on any atom is -0.299 e. The van der Waals surface area contributed by atoms with Crippen molar-refractivity contribution in [3.05, 3.63) is 18.6 Å². The van der Waals surface area contributed by atoms with Crippen LogP contribution in [0.2, 0.25) is 0 Å². The molecule has 0 amide bonds. The van der Waals surface area contributed by atoms with Gasteiger partial charge in [-0.15, -0.1) is 0 Å². The van der Waals surface area contributed by atoms with E-state index in [-0.39, 0.29) is 0 Å². The predicted octanol–water partition coefficient (Wildman–Crippen LogP) is 7.60. The third-order valence-corrected chi connectivity index (χ3v) is 4.35. The average molecular weight is 322 g/mol. The van der Waals surface area contributed by atoms with E-state index in [9.17, 15) is 4.79 Å². The van der Waals surface area contributed by atoms with Crippen LogP contribution in [0.15, 0.2) is 12.2 Å². The molecule has 0 aliphatic heterocycles. The van der Waals surface area contributed by atoms with Crippen molar-refractivity contribution in [1.29, 1.82) is 0 Å². The number of rotatable bonds is 18. The van der Waals surface area contributed by atoms with E-state index in [2.05, 4.69) is 26.0 Å². The van der Waals surface area contributed by atoms with Gasteiger partial charge in [0.15, 0.2) is 0 Å². The Morgan fingerprint density at radius 1 is 0.609 bits per heavy atom. The summed E-state index contributed by atoms with van der Waals surface area (Å²) < 4.78 is 0. The molecule has 0 unspecified atom stereocenters. The number of hydrogen-bond acceptors (Lipinski definition) is 1. The molecule has 0 fully saturated rings. The zero-order valence-electron chi connectivity index (χ0n) is 16.0. The molecular weight excluding hydrogens is 280 g/mol. The van der Waals surface area contributed by atoms with E-state index in [1.807, 2.05) is 6.42 Å². The van der Waals surface area contributed by atoms with Crippen LogP contribution < -0.4 is 0 Å². The normalized spacial score (nSPS) is 11.4. The van der Waals surface area contributed by atoms with E-state index in [0.29, 0.717) is 5.78 Å². The van der Waals surface area contributed by atoms with Crippen molar-refractivity contribution in [3.63, 3.8) is 0 Å². The second-order valence-corrected chi connectivity index (χ2v) is 6.79. The standard InChI is InChI=1S/C22H41O/c1-3-5-7-8-9-10-11-12-13-14-15-16-17-18-19-21-22(23)20-6-4-2/h12-13,20H,3-11,14-19,21H2,1-2H3/b13-12-. The maximum atomic E-state index is 11.5. The minimum atomic E-state index is 0.351. The first kappa shape index (κ1) is 22.4. The summed E-state index contributed by atoms with van der Waals surface area (Å²) in [6.45, 7) is 4.39. The zero-order valence-corrected chi connectivity index (χ0v) is 16.0. The second-order valence-electron chi connectivity index (χ2n) is 6.79. The number of carbonyl (C=O) groups excluding carboxylic acids is 1. The van der Waals surface area contributed by atoms with E-state index in [1.54, 1.807) is 0 Å². The first-order valence-corrected chi connectivity index (χ1v) is 10.3. The van der Waals surface area contributed by atoms with Crippen molar-refractivity contribution in [1.82, 2.24) is 0 Å². The molecule has 0 rings (SSSR count). The third kappa shape index (κ3) is 19.4. The summed E-state index contributed by atoms with van der Waals surface area (Å²) in [5, 5.41) is 0. The van der Waals surface area contributed by atoms with Crippen molar-refractivity contribution in [2.24, 2.45) is 0 Å². The Labute approximate surface area is 146 Å². The first-order chi connectivity index (χ1) is 11.3. The minimum absolute atomic E-state index is 0.351. The summed E-state index contributed by atoms with van der Waals surface area (Å²) in [6.07, 6.45) is 26.5. The maximum Gasteiger partial charge on any atom is 0.136 e. The summed E-state index contributed by atoms with van der Waals surface area (Å²) >= 11 is 0. The first-order valence-electron chi connectivity index (χ1n) is 10.3. The van der Waals surface area contributed by atoms with Gasteiger partial charge in [-0.25, -0.2) is 0 Å². The lowest BCUT2D eigenvalue weighted by Gasteiger charge is -2.01. The second kappa shape index (κ2) is 19.5. The fourth-order valence-corrected chi connectivity index (χ4v) is 2.78. The summed E-state index contributed by atoms with van der Waals surface area (Å²) in [4.78, 5) is 11.5. The molecule has 1 radical (unpaired) electrons. The molecule has 0 aromatic heterocycles. The molecule has 0 spiro atoms. The number of ketones is 1. The van der Waals surface area contributed by atoms with Crippen LogP contribution in [0.4, 0.5) is 0 Å². The average Bonchev–Trinajstić information content (AvgIpc) is 2.56. The van der Waals surface area contributed by atoms with Gasteiger partial charge in [0.1, 0.15) is 5.78 Å². The van der Waals surface area contributed by atoms with E-state index in [4.69, 9.17) is 0 Å². The molecule has 0 aromatic rings. The van der Waals surface area contributed by atoms with Crippen LogP contribution in [0, 0.1) is 6.42 Å². The highest BCUT2D eigenvalue weighted by Gasteiger charge is 2.00. The molecule has 1 heteroatoms. The number of hydrogen-bond donors (Lipinski definition) is 0. The van der Waals surface area contributed by atoms with Crippen molar-refractivity contribution in [2.45, 2.75) is 117 Å². The molecule has 0 aliphatic carbocycles. The van der Waals surface area contributed by atoms with E-state index < -0.39 is 0 Å². The smallest absolute Gasteiger partial charge is 0.136 e. The molecule has 0 bridgehead atoms. The number of carbonyl (C=O) groups is 1.